The lowest BCUT2D eigenvalue weighted by molar-refractivity contribution is -0.141. The molecule has 0 radical (unpaired) electrons. The minimum Gasteiger partial charge on any atom is -0.350 e. The summed E-state index contributed by atoms with van der Waals surface area (Å²) in [5.41, 5.74) is 3.20. The van der Waals surface area contributed by atoms with Crippen molar-refractivity contribution in [2.45, 2.75) is 78.8 Å². The Morgan fingerprint density at radius 1 is 0.973 bits per heavy atom. The van der Waals surface area contributed by atoms with Crippen LogP contribution in [-0.2, 0) is 26.0 Å². The van der Waals surface area contributed by atoms with Gasteiger partial charge in [-0.25, -0.2) is 8.42 Å². The molecule has 0 unspecified atom stereocenters. The van der Waals surface area contributed by atoms with Gasteiger partial charge in [0.1, 0.15) is 6.04 Å². The van der Waals surface area contributed by atoms with Gasteiger partial charge in [0.15, 0.2) is 0 Å². The number of hydrogen-bond acceptors (Lipinski definition) is 4. The lowest BCUT2D eigenvalue weighted by Gasteiger charge is -2.33. The maximum absolute atomic E-state index is 13.5. The lowest BCUT2D eigenvalue weighted by Crippen LogP contribution is -2.54. The van der Waals surface area contributed by atoms with Crippen LogP contribution in [0.4, 0.5) is 5.69 Å². The molecule has 8 heteroatoms. The standard InChI is InChI=1S/C29H43N3O4S/c1-8-25(28(34)30-29(4,5)6)31(21-19-24-15-10-9-11-16-24)27(33)18-13-20-32(37(7,35)36)26-17-12-14-22(2)23(26)3/h9-12,14-17,25H,8,13,18-21H2,1-7H3,(H,30,34)/t25-/m0/s1. The number of nitrogens with one attached hydrogen (secondary N) is 1. The molecule has 0 saturated carbocycles. The number of aryl methyl sites for hydroxylation is 1. The zero-order valence-electron chi connectivity index (χ0n) is 23.4. The van der Waals surface area contributed by atoms with Gasteiger partial charge in [-0.15, -0.1) is 0 Å². The van der Waals surface area contributed by atoms with E-state index in [1.807, 2.05) is 84.0 Å². The number of nitrogens with zero attached hydrogens (tertiary/aromatic N) is 2. The monoisotopic (exact) mass is 529 g/mol. The highest BCUT2D eigenvalue weighted by molar-refractivity contribution is 7.92. The van der Waals surface area contributed by atoms with Crippen molar-refractivity contribution in [3.8, 4) is 0 Å². The molecule has 7 nitrogen and oxygen atoms in total. The summed E-state index contributed by atoms with van der Waals surface area (Å²) in [5.74, 6) is -0.328. The summed E-state index contributed by atoms with van der Waals surface area (Å²) < 4.78 is 26.6. The molecule has 0 heterocycles. The fourth-order valence-corrected chi connectivity index (χ4v) is 5.35. The Bertz CT molecular complexity index is 1160. The van der Waals surface area contributed by atoms with Crippen LogP contribution in [0.1, 0.15) is 63.6 Å². The van der Waals surface area contributed by atoms with Crippen LogP contribution in [0.5, 0.6) is 0 Å². The van der Waals surface area contributed by atoms with Crippen LogP contribution >= 0.6 is 0 Å². The first-order valence-electron chi connectivity index (χ1n) is 12.9. The van der Waals surface area contributed by atoms with E-state index in [1.54, 1.807) is 11.0 Å². The molecule has 2 aromatic rings. The highest BCUT2D eigenvalue weighted by atomic mass is 32.2. The van der Waals surface area contributed by atoms with Crippen molar-refractivity contribution in [2.75, 3.05) is 23.7 Å². The van der Waals surface area contributed by atoms with Crippen molar-refractivity contribution in [3.05, 3.63) is 65.2 Å². The van der Waals surface area contributed by atoms with Crippen molar-refractivity contribution < 1.29 is 18.0 Å². The van der Waals surface area contributed by atoms with Crippen molar-refractivity contribution in [1.29, 1.82) is 0 Å². The molecule has 0 spiro atoms. The molecular weight excluding hydrogens is 486 g/mol. The van der Waals surface area contributed by atoms with Gasteiger partial charge < -0.3 is 10.2 Å². The molecule has 2 rings (SSSR count). The number of amides is 2. The third kappa shape index (κ3) is 9.18. The highest BCUT2D eigenvalue weighted by Crippen LogP contribution is 2.25. The van der Waals surface area contributed by atoms with Crippen LogP contribution < -0.4 is 9.62 Å². The van der Waals surface area contributed by atoms with E-state index < -0.39 is 21.6 Å². The Morgan fingerprint density at radius 3 is 2.19 bits per heavy atom. The second-order valence-electron chi connectivity index (χ2n) is 10.6. The zero-order valence-corrected chi connectivity index (χ0v) is 24.2. The van der Waals surface area contributed by atoms with Crippen LogP contribution in [0.15, 0.2) is 48.5 Å². The van der Waals surface area contributed by atoms with Crippen LogP contribution in [0.3, 0.4) is 0 Å². The number of carbonyl (C=O) groups is 2. The van der Waals surface area contributed by atoms with Gasteiger partial charge in [0.05, 0.1) is 11.9 Å². The van der Waals surface area contributed by atoms with Crippen LogP contribution in [0.25, 0.3) is 0 Å². The fraction of sp³-hybridized carbons (Fsp3) is 0.517. The SMILES string of the molecule is CC[C@@H](C(=O)NC(C)(C)C)N(CCc1ccccc1)C(=O)CCCN(c1cccc(C)c1C)S(C)(=O)=O. The number of carbonyl (C=O) groups excluding carboxylic acids is 2. The molecule has 0 bridgehead atoms. The van der Waals surface area contributed by atoms with Crippen molar-refractivity contribution in [2.24, 2.45) is 0 Å². The first-order chi connectivity index (χ1) is 17.2. The van der Waals surface area contributed by atoms with E-state index in [0.717, 1.165) is 16.7 Å². The van der Waals surface area contributed by atoms with Gasteiger partial charge in [-0.05, 0) is 76.6 Å². The lowest BCUT2D eigenvalue weighted by atomic mass is 10.0. The molecule has 0 saturated heterocycles. The molecule has 0 aliphatic rings. The van der Waals surface area contributed by atoms with Gasteiger partial charge >= 0.3 is 0 Å². The predicted octanol–water partition coefficient (Wildman–Crippen LogP) is 4.61. The average molecular weight is 530 g/mol. The first-order valence-corrected chi connectivity index (χ1v) is 14.8. The predicted molar refractivity (Wildman–Crippen MR) is 151 cm³/mol. The van der Waals surface area contributed by atoms with E-state index >= 15 is 0 Å². The smallest absolute Gasteiger partial charge is 0.243 e. The van der Waals surface area contributed by atoms with E-state index in [1.165, 1.54) is 10.6 Å². The Hall–Kier alpha value is -2.87. The van der Waals surface area contributed by atoms with Gasteiger partial charge in [0.2, 0.25) is 21.8 Å². The van der Waals surface area contributed by atoms with Gasteiger partial charge in [0, 0.05) is 25.0 Å². The van der Waals surface area contributed by atoms with Crippen molar-refractivity contribution >= 4 is 27.5 Å². The second-order valence-corrected chi connectivity index (χ2v) is 12.6. The normalized spacial score (nSPS) is 12.6. The number of sulfonamides is 1. The maximum atomic E-state index is 13.5. The molecule has 2 aromatic carbocycles. The summed E-state index contributed by atoms with van der Waals surface area (Å²) in [5, 5.41) is 3.01. The molecule has 37 heavy (non-hydrogen) atoms. The summed E-state index contributed by atoms with van der Waals surface area (Å²) >= 11 is 0. The van der Waals surface area contributed by atoms with Crippen molar-refractivity contribution in [1.82, 2.24) is 10.2 Å². The molecular formula is C29H43N3O4S. The molecule has 2 amide bonds. The summed E-state index contributed by atoms with van der Waals surface area (Å²) in [6.45, 7) is 12.1. The van der Waals surface area contributed by atoms with E-state index in [4.69, 9.17) is 0 Å². The van der Waals surface area contributed by atoms with E-state index in [2.05, 4.69) is 5.32 Å². The van der Waals surface area contributed by atoms with E-state index in [-0.39, 0.29) is 24.8 Å². The molecule has 204 valence electrons. The van der Waals surface area contributed by atoms with Crippen LogP contribution in [-0.4, -0.2) is 56.1 Å². The number of benzene rings is 2. The van der Waals surface area contributed by atoms with Gasteiger partial charge in [0.25, 0.3) is 0 Å². The summed E-state index contributed by atoms with van der Waals surface area (Å²) in [7, 11) is -3.53. The molecule has 0 aliphatic carbocycles. The highest BCUT2D eigenvalue weighted by Gasteiger charge is 2.30. The summed E-state index contributed by atoms with van der Waals surface area (Å²) in [6, 6.07) is 14.9. The maximum Gasteiger partial charge on any atom is 0.243 e. The quantitative estimate of drug-likeness (QED) is 0.435. The average Bonchev–Trinajstić information content (AvgIpc) is 2.80. The molecule has 1 atom stereocenters. The zero-order chi connectivity index (χ0) is 27.8. The largest absolute Gasteiger partial charge is 0.350 e. The fourth-order valence-electron chi connectivity index (χ4n) is 4.34. The summed E-state index contributed by atoms with van der Waals surface area (Å²) in [4.78, 5) is 28.3. The Kier molecular flexibility index (Phi) is 10.7. The summed E-state index contributed by atoms with van der Waals surface area (Å²) in [6.07, 6.45) is 2.79. The Balaban J connectivity index is 2.21. The number of hydrogen-bond donors (Lipinski definition) is 1. The van der Waals surface area contributed by atoms with E-state index in [9.17, 15) is 18.0 Å². The Morgan fingerprint density at radius 2 is 1.62 bits per heavy atom. The second kappa shape index (κ2) is 13.1. The van der Waals surface area contributed by atoms with Gasteiger partial charge in [-0.2, -0.15) is 0 Å². The topological polar surface area (TPSA) is 86.8 Å². The van der Waals surface area contributed by atoms with Crippen LogP contribution in [0, 0.1) is 13.8 Å². The van der Waals surface area contributed by atoms with Crippen LogP contribution in [0.2, 0.25) is 0 Å². The Labute approximate surface area is 223 Å². The minimum absolute atomic E-state index is 0.144. The molecule has 1 N–H and O–H groups in total. The molecule has 0 fully saturated rings. The number of anilines is 1. The first kappa shape index (κ1) is 30.4. The van der Waals surface area contributed by atoms with E-state index in [0.29, 0.717) is 31.5 Å². The van der Waals surface area contributed by atoms with Crippen molar-refractivity contribution in [3.63, 3.8) is 0 Å². The molecule has 0 aliphatic heterocycles. The third-order valence-corrected chi connectivity index (χ3v) is 7.55. The van der Waals surface area contributed by atoms with Gasteiger partial charge in [-0.3, -0.25) is 13.9 Å². The van der Waals surface area contributed by atoms with Gasteiger partial charge in [-0.1, -0.05) is 49.4 Å². The minimum atomic E-state index is -3.53. The third-order valence-electron chi connectivity index (χ3n) is 6.37. The molecule has 0 aromatic heterocycles. The number of rotatable bonds is 12.